The maximum Gasteiger partial charge on any atom is 0.271 e. The molecule has 3 aromatic rings. The molecule has 2 heterocycles. The number of hydrogen-bond donors (Lipinski definition) is 1. The molecule has 1 aliphatic heterocycles. The third-order valence-corrected chi connectivity index (χ3v) is 6.20. The van der Waals surface area contributed by atoms with E-state index >= 15 is 0 Å². The molecule has 1 saturated heterocycles. The number of nitrogens with zero attached hydrogens (tertiary/aromatic N) is 5. The van der Waals surface area contributed by atoms with Gasteiger partial charge in [0.15, 0.2) is 0 Å². The predicted molar refractivity (Wildman–Crippen MR) is 128 cm³/mol. The zero-order valence-electron chi connectivity index (χ0n) is 18.9. The Labute approximate surface area is 201 Å². The van der Waals surface area contributed by atoms with Gasteiger partial charge < -0.3 is 9.84 Å². The van der Waals surface area contributed by atoms with Crippen molar-refractivity contribution in [3.63, 3.8) is 0 Å². The van der Waals surface area contributed by atoms with Crippen LogP contribution in [0.25, 0.3) is 11.4 Å². The van der Waals surface area contributed by atoms with Gasteiger partial charge in [-0.05, 0) is 19.9 Å². The van der Waals surface area contributed by atoms with Crippen molar-refractivity contribution < 1.29 is 14.2 Å². The van der Waals surface area contributed by atoms with Crippen LogP contribution < -0.4 is 5.32 Å². The summed E-state index contributed by atoms with van der Waals surface area (Å²) in [5.74, 6) is 0.912. The van der Waals surface area contributed by atoms with Crippen LogP contribution in [0.1, 0.15) is 18.4 Å². The molecule has 0 saturated carbocycles. The largest absolute Gasteiger partial charge is 0.338 e. The van der Waals surface area contributed by atoms with Gasteiger partial charge >= 0.3 is 0 Å². The summed E-state index contributed by atoms with van der Waals surface area (Å²) in [6, 6.07) is 11.6. The van der Waals surface area contributed by atoms with Gasteiger partial charge in [-0.25, -0.2) is 0 Å². The van der Waals surface area contributed by atoms with Gasteiger partial charge in [0.2, 0.25) is 17.6 Å². The van der Waals surface area contributed by atoms with E-state index in [9.17, 15) is 14.9 Å². The molecule has 0 radical (unpaired) electrons. The summed E-state index contributed by atoms with van der Waals surface area (Å²) >= 11 is 6.09. The lowest BCUT2D eigenvalue weighted by Crippen LogP contribution is -2.52. The topological polar surface area (TPSA) is 118 Å². The van der Waals surface area contributed by atoms with Crippen molar-refractivity contribution in [3.8, 4) is 11.4 Å². The summed E-state index contributed by atoms with van der Waals surface area (Å²) in [5.41, 5.74) is 2.31. The van der Waals surface area contributed by atoms with Crippen LogP contribution in [-0.2, 0) is 11.3 Å². The van der Waals surface area contributed by atoms with Crippen LogP contribution in [0.4, 0.5) is 11.4 Å². The number of non-ortho nitro benzene ring substituents is 1. The number of aryl methyl sites for hydroxylation is 1. The number of nitro benzene ring substituents is 1. The van der Waals surface area contributed by atoms with E-state index in [4.69, 9.17) is 16.1 Å². The lowest BCUT2D eigenvalue weighted by molar-refractivity contribution is -0.384. The molecule has 1 N–H and O–H groups in total. The second-order valence-electron chi connectivity index (χ2n) is 8.28. The molecule has 1 aromatic heterocycles. The van der Waals surface area contributed by atoms with Gasteiger partial charge in [-0.15, -0.1) is 0 Å². The van der Waals surface area contributed by atoms with Crippen LogP contribution in [0.5, 0.6) is 0 Å². The molecule has 1 amide bonds. The summed E-state index contributed by atoms with van der Waals surface area (Å²) in [6.07, 6.45) is 0. The first-order valence-electron chi connectivity index (χ1n) is 10.9. The van der Waals surface area contributed by atoms with Crippen LogP contribution in [-0.4, -0.2) is 63.0 Å². The van der Waals surface area contributed by atoms with Gasteiger partial charge in [-0.3, -0.25) is 24.7 Å². The number of amides is 1. The minimum absolute atomic E-state index is 0.126. The molecule has 34 heavy (non-hydrogen) atoms. The number of halogens is 1. The van der Waals surface area contributed by atoms with Gasteiger partial charge in [0.05, 0.1) is 28.2 Å². The maximum atomic E-state index is 12.7. The molecule has 0 bridgehead atoms. The lowest BCUT2D eigenvalue weighted by atomic mass is 10.1. The number of benzene rings is 2. The average molecular weight is 485 g/mol. The van der Waals surface area contributed by atoms with Crippen molar-refractivity contribution in [1.29, 1.82) is 0 Å². The van der Waals surface area contributed by atoms with Gasteiger partial charge in [-0.2, -0.15) is 4.98 Å². The zero-order valence-corrected chi connectivity index (χ0v) is 19.7. The first-order chi connectivity index (χ1) is 16.3. The van der Waals surface area contributed by atoms with Crippen LogP contribution in [0.2, 0.25) is 5.02 Å². The summed E-state index contributed by atoms with van der Waals surface area (Å²) in [6.45, 7) is 7.29. The van der Waals surface area contributed by atoms with Crippen molar-refractivity contribution in [2.24, 2.45) is 0 Å². The predicted octanol–water partition coefficient (Wildman–Crippen LogP) is 3.75. The Balaban J connectivity index is 1.28. The molecule has 1 unspecified atom stereocenters. The van der Waals surface area contributed by atoms with Gasteiger partial charge in [0, 0.05) is 43.9 Å². The minimum Gasteiger partial charge on any atom is -0.338 e. The van der Waals surface area contributed by atoms with E-state index in [1.165, 1.54) is 23.8 Å². The number of anilines is 1. The van der Waals surface area contributed by atoms with Crippen LogP contribution >= 0.6 is 11.6 Å². The summed E-state index contributed by atoms with van der Waals surface area (Å²) < 4.78 is 5.43. The number of carbonyl (C=O) groups is 1. The third kappa shape index (κ3) is 5.58. The van der Waals surface area contributed by atoms with Crippen LogP contribution in [0.15, 0.2) is 47.0 Å². The van der Waals surface area contributed by atoms with Crippen LogP contribution in [0.3, 0.4) is 0 Å². The Kier molecular flexibility index (Phi) is 7.20. The Morgan fingerprint density at radius 3 is 2.56 bits per heavy atom. The molecular weight excluding hydrogens is 460 g/mol. The number of rotatable bonds is 7. The highest BCUT2D eigenvalue weighted by Gasteiger charge is 2.27. The highest BCUT2D eigenvalue weighted by Crippen LogP contribution is 2.27. The molecule has 0 aliphatic carbocycles. The van der Waals surface area contributed by atoms with Crippen LogP contribution in [0, 0.1) is 17.0 Å². The summed E-state index contributed by atoms with van der Waals surface area (Å²) in [5, 5.41) is 17.8. The molecule has 4 rings (SSSR count). The zero-order chi connectivity index (χ0) is 24.2. The smallest absolute Gasteiger partial charge is 0.271 e. The Bertz CT molecular complexity index is 1170. The number of hydrogen-bond acceptors (Lipinski definition) is 8. The number of carbonyl (C=O) groups excluding carboxylic acids is 1. The molecule has 10 nitrogen and oxygen atoms in total. The van der Waals surface area contributed by atoms with Crippen molar-refractivity contribution in [3.05, 3.63) is 69.1 Å². The van der Waals surface area contributed by atoms with E-state index in [2.05, 4.69) is 25.3 Å². The summed E-state index contributed by atoms with van der Waals surface area (Å²) in [7, 11) is 0. The fourth-order valence-corrected chi connectivity index (χ4v) is 3.98. The Hall–Kier alpha value is -3.34. The molecule has 2 aromatic carbocycles. The second kappa shape index (κ2) is 10.3. The molecule has 0 spiro atoms. The normalized spacial score (nSPS) is 15.7. The molecule has 1 aliphatic rings. The van der Waals surface area contributed by atoms with Crippen molar-refractivity contribution >= 4 is 28.9 Å². The number of piperazine rings is 1. The minimum atomic E-state index is -0.531. The second-order valence-corrected chi connectivity index (χ2v) is 8.68. The van der Waals surface area contributed by atoms with E-state index in [1.54, 1.807) is 0 Å². The third-order valence-electron chi connectivity index (χ3n) is 5.89. The van der Waals surface area contributed by atoms with Gasteiger partial charge in [0.25, 0.3) is 5.69 Å². The van der Waals surface area contributed by atoms with E-state index < -0.39 is 4.92 Å². The standard InChI is InChI=1S/C23H25ClN6O4/c1-15-3-5-17(6-4-15)22-26-21(34-27-22)14-28-9-11-29(12-10-28)16(2)23(31)25-20-8-7-18(30(32)33)13-19(20)24/h3-8,13,16H,9-12,14H2,1-2H3,(H,25,31). The fourth-order valence-electron chi connectivity index (χ4n) is 3.76. The monoisotopic (exact) mass is 484 g/mol. The number of nitrogens with one attached hydrogen (secondary N) is 1. The van der Waals surface area contributed by atoms with Crippen molar-refractivity contribution in [2.75, 3.05) is 31.5 Å². The highest BCUT2D eigenvalue weighted by atomic mass is 35.5. The Morgan fingerprint density at radius 1 is 1.21 bits per heavy atom. The molecule has 11 heteroatoms. The lowest BCUT2D eigenvalue weighted by Gasteiger charge is -2.36. The van der Waals surface area contributed by atoms with E-state index in [0.717, 1.165) is 18.7 Å². The van der Waals surface area contributed by atoms with Crippen molar-refractivity contribution in [1.82, 2.24) is 19.9 Å². The molecule has 1 atom stereocenters. The average Bonchev–Trinajstić information content (AvgIpc) is 3.29. The van der Waals surface area contributed by atoms with E-state index in [-0.39, 0.29) is 22.7 Å². The van der Waals surface area contributed by atoms with Gasteiger partial charge in [0.1, 0.15) is 0 Å². The summed E-state index contributed by atoms with van der Waals surface area (Å²) in [4.78, 5) is 31.8. The maximum absolute atomic E-state index is 12.7. The fraction of sp³-hybridized carbons (Fsp3) is 0.348. The number of aromatic nitrogens is 2. The molecule has 178 valence electrons. The van der Waals surface area contributed by atoms with Gasteiger partial charge in [-0.1, -0.05) is 46.6 Å². The first kappa shape index (κ1) is 23.8. The number of nitro groups is 1. The molecular formula is C23H25ClN6O4. The molecule has 1 fully saturated rings. The highest BCUT2D eigenvalue weighted by molar-refractivity contribution is 6.34. The Morgan fingerprint density at radius 2 is 1.91 bits per heavy atom. The van der Waals surface area contributed by atoms with E-state index in [0.29, 0.717) is 37.0 Å². The quantitative estimate of drug-likeness (QED) is 0.398. The first-order valence-corrected chi connectivity index (χ1v) is 11.3. The SMILES string of the molecule is Cc1ccc(-c2noc(CN3CCN(C(C)C(=O)Nc4ccc([N+](=O)[O-])cc4Cl)CC3)n2)cc1. The van der Waals surface area contributed by atoms with E-state index in [1.807, 2.05) is 38.1 Å². The van der Waals surface area contributed by atoms with Crippen molar-refractivity contribution in [2.45, 2.75) is 26.4 Å².